The van der Waals surface area contributed by atoms with E-state index >= 15 is 0 Å². The molecule has 0 aromatic heterocycles. The summed E-state index contributed by atoms with van der Waals surface area (Å²) in [6, 6.07) is 12.8. The largest absolute Gasteiger partial charge is 0.495 e. The summed E-state index contributed by atoms with van der Waals surface area (Å²) in [5, 5.41) is 0. The molecule has 0 unspecified atom stereocenters. The van der Waals surface area contributed by atoms with E-state index in [1.54, 1.807) is 18.2 Å². The van der Waals surface area contributed by atoms with Gasteiger partial charge in [0.15, 0.2) is 0 Å². The van der Waals surface area contributed by atoms with Crippen molar-refractivity contribution >= 4 is 21.8 Å². The van der Waals surface area contributed by atoms with E-state index in [0.29, 0.717) is 25.1 Å². The number of ether oxygens (including phenoxy) is 1. The van der Waals surface area contributed by atoms with Gasteiger partial charge in [0.05, 0.1) is 25.5 Å². The first kappa shape index (κ1) is 22.1. The van der Waals surface area contributed by atoms with E-state index < -0.39 is 10.0 Å². The first-order chi connectivity index (χ1) is 15.9. The maximum Gasteiger partial charge on any atom is 0.247 e. The molecular formula is C25H28N2O5S. The Morgan fingerprint density at radius 1 is 0.970 bits per heavy atom. The summed E-state index contributed by atoms with van der Waals surface area (Å²) in [5.41, 5.74) is 2.77. The van der Waals surface area contributed by atoms with Gasteiger partial charge in [0, 0.05) is 13.1 Å². The molecule has 2 aromatic carbocycles. The van der Waals surface area contributed by atoms with Gasteiger partial charge in [-0.25, -0.2) is 8.42 Å². The standard InChI is InChI=1S/C25H28N2O5S/c1-32-22-11-10-17(15-27-24(28)20-8-4-5-9-21(20)25(27)29)14-23(22)33(30,31)26-13-12-18-6-2-3-7-19(18)16-26/h2-3,6-7,10-11,14,20-21H,4-5,8-9,12-13,15-16H2,1H3/t20-,21-/m1/s1. The number of amides is 2. The van der Waals surface area contributed by atoms with Crippen LogP contribution in [0.3, 0.4) is 0 Å². The molecule has 2 fully saturated rings. The van der Waals surface area contributed by atoms with Crippen LogP contribution in [0.15, 0.2) is 47.4 Å². The summed E-state index contributed by atoms with van der Waals surface area (Å²) in [5.74, 6) is -0.442. The van der Waals surface area contributed by atoms with E-state index in [1.165, 1.54) is 16.3 Å². The van der Waals surface area contributed by atoms with E-state index in [0.717, 1.165) is 36.8 Å². The van der Waals surface area contributed by atoms with Gasteiger partial charge in [-0.15, -0.1) is 0 Å². The lowest BCUT2D eigenvalue weighted by Crippen LogP contribution is -2.36. The van der Waals surface area contributed by atoms with Crippen LogP contribution in [-0.2, 0) is 39.1 Å². The van der Waals surface area contributed by atoms with Crippen molar-refractivity contribution in [3.63, 3.8) is 0 Å². The molecule has 8 heteroatoms. The minimum atomic E-state index is -3.83. The van der Waals surface area contributed by atoms with Crippen molar-refractivity contribution in [1.29, 1.82) is 0 Å². The molecule has 0 N–H and O–H groups in total. The van der Waals surface area contributed by atoms with Gasteiger partial charge in [0.1, 0.15) is 10.6 Å². The zero-order valence-corrected chi connectivity index (χ0v) is 19.5. The van der Waals surface area contributed by atoms with Gasteiger partial charge in [-0.2, -0.15) is 4.31 Å². The Balaban J connectivity index is 1.43. The Bertz CT molecular complexity index is 1190. The summed E-state index contributed by atoms with van der Waals surface area (Å²) in [4.78, 5) is 27.1. The molecule has 0 bridgehead atoms. The highest BCUT2D eigenvalue weighted by atomic mass is 32.2. The number of carbonyl (C=O) groups excluding carboxylic acids is 2. The molecule has 1 saturated carbocycles. The highest BCUT2D eigenvalue weighted by Crippen LogP contribution is 2.39. The van der Waals surface area contributed by atoms with Crippen LogP contribution >= 0.6 is 0 Å². The van der Waals surface area contributed by atoms with Gasteiger partial charge in [-0.1, -0.05) is 43.2 Å². The van der Waals surface area contributed by atoms with E-state index in [-0.39, 0.29) is 40.8 Å². The summed E-state index contributed by atoms with van der Waals surface area (Å²) in [6.07, 6.45) is 4.10. The van der Waals surface area contributed by atoms with Gasteiger partial charge in [-0.3, -0.25) is 14.5 Å². The average molecular weight is 469 g/mol. The van der Waals surface area contributed by atoms with Crippen LogP contribution in [0.25, 0.3) is 0 Å². The molecule has 1 saturated heterocycles. The molecular weight excluding hydrogens is 440 g/mol. The van der Waals surface area contributed by atoms with Gasteiger partial charge < -0.3 is 4.74 Å². The van der Waals surface area contributed by atoms with Crippen molar-refractivity contribution in [1.82, 2.24) is 9.21 Å². The lowest BCUT2D eigenvalue weighted by molar-refractivity contribution is -0.140. The quantitative estimate of drug-likeness (QED) is 0.630. The highest BCUT2D eigenvalue weighted by Gasteiger charge is 2.48. The molecule has 2 aliphatic heterocycles. The maximum atomic E-state index is 13.6. The number of hydrogen-bond acceptors (Lipinski definition) is 5. The van der Waals surface area contributed by atoms with E-state index in [4.69, 9.17) is 4.74 Å². The molecule has 33 heavy (non-hydrogen) atoms. The van der Waals surface area contributed by atoms with Crippen LogP contribution in [0.5, 0.6) is 5.75 Å². The Hall–Kier alpha value is -2.71. The van der Waals surface area contributed by atoms with Crippen LogP contribution in [0.4, 0.5) is 0 Å². The number of hydrogen-bond donors (Lipinski definition) is 0. The average Bonchev–Trinajstić information content (AvgIpc) is 3.08. The predicted octanol–water partition coefficient (Wildman–Crippen LogP) is 3.12. The second-order valence-electron chi connectivity index (χ2n) is 9.10. The second kappa shape index (κ2) is 8.57. The molecule has 5 rings (SSSR count). The van der Waals surface area contributed by atoms with Crippen molar-refractivity contribution in [3.05, 3.63) is 59.2 Å². The van der Waals surface area contributed by atoms with Gasteiger partial charge in [0.25, 0.3) is 0 Å². The number of fused-ring (bicyclic) bond motifs is 2. The first-order valence-electron chi connectivity index (χ1n) is 11.5. The Kier molecular flexibility index (Phi) is 5.74. The van der Waals surface area contributed by atoms with E-state index in [9.17, 15) is 18.0 Å². The van der Waals surface area contributed by atoms with Gasteiger partial charge in [-0.05, 0) is 48.1 Å². The fourth-order valence-electron chi connectivity index (χ4n) is 5.40. The van der Waals surface area contributed by atoms with Gasteiger partial charge >= 0.3 is 0 Å². The van der Waals surface area contributed by atoms with Crippen LogP contribution in [-0.4, -0.2) is 43.1 Å². The smallest absolute Gasteiger partial charge is 0.247 e. The summed E-state index contributed by atoms with van der Waals surface area (Å²) in [6.45, 7) is 0.775. The number of rotatable bonds is 5. The number of imide groups is 1. The number of nitrogens with zero attached hydrogens (tertiary/aromatic N) is 2. The molecule has 1 aliphatic carbocycles. The molecule has 2 atom stereocenters. The molecule has 2 amide bonds. The molecule has 2 heterocycles. The Morgan fingerprint density at radius 2 is 1.64 bits per heavy atom. The van der Waals surface area contributed by atoms with E-state index in [1.807, 2.05) is 24.3 Å². The summed E-state index contributed by atoms with van der Waals surface area (Å²) < 4.78 is 34.0. The molecule has 3 aliphatic rings. The fourth-order valence-corrected chi connectivity index (χ4v) is 7.03. The third-order valence-corrected chi connectivity index (χ3v) is 9.08. The van der Waals surface area contributed by atoms with Crippen LogP contribution in [0, 0.1) is 11.8 Å². The fraction of sp³-hybridized carbons (Fsp3) is 0.440. The number of methoxy groups -OCH3 is 1. The lowest BCUT2D eigenvalue weighted by Gasteiger charge is -2.28. The predicted molar refractivity (Wildman–Crippen MR) is 122 cm³/mol. The Morgan fingerprint density at radius 3 is 2.30 bits per heavy atom. The third-order valence-electron chi connectivity index (χ3n) is 7.21. The second-order valence-corrected chi connectivity index (χ2v) is 11.0. The molecule has 2 aromatic rings. The molecule has 7 nitrogen and oxygen atoms in total. The number of likely N-dealkylation sites (tertiary alicyclic amines) is 1. The normalized spacial score (nSPS) is 23.4. The minimum Gasteiger partial charge on any atom is -0.495 e. The van der Waals surface area contributed by atoms with Crippen LogP contribution in [0.1, 0.15) is 42.4 Å². The van der Waals surface area contributed by atoms with Crippen LogP contribution in [0.2, 0.25) is 0 Å². The van der Waals surface area contributed by atoms with Crippen molar-refractivity contribution in [3.8, 4) is 5.75 Å². The zero-order chi connectivity index (χ0) is 23.2. The minimum absolute atomic E-state index is 0.0680. The van der Waals surface area contributed by atoms with Crippen molar-refractivity contribution in [2.45, 2.75) is 50.1 Å². The third kappa shape index (κ3) is 3.85. The topological polar surface area (TPSA) is 84.0 Å². The first-order valence-corrected chi connectivity index (χ1v) is 12.9. The van der Waals surface area contributed by atoms with E-state index in [2.05, 4.69) is 0 Å². The molecule has 0 radical (unpaired) electrons. The maximum absolute atomic E-state index is 13.6. The number of benzene rings is 2. The van der Waals surface area contributed by atoms with Crippen LogP contribution < -0.4 is 4.74 Å². The zero-order valence-electron chi connectivity index (χ0n) is 18.7. The molecule has 0 spiro atoms. The number of sulfonamides is 1. The number of carbonyl (C=O) groups is 2. The Labute approximate surface area is 194 Å². The monoisotopic (exact) mass is 468 g/mol. The van der Waals surface area contributed by atoms with Crippen molar-refractivity contribution in [2.75, 3.05) is 13.7 Å². The summed E-state index contributed by atoms with van der Waals surface area (Å²) in [7, 11) is -2.39. The van der Waals surface area contributed by atoms with Crippen molar-refractivity contribution in [2.24, 2.45) is 11.8 Å². The van der Waals surface area contributed by atoms with Crippen molar-refractivity contribution < 1.29 is 22.7 Å². The SMILES string of the molecule is COc1ccc(CN2C(=O)[C@@H]3CCCC[C@H]3C2=O)cc1S(=O)(=O)N1CCc2ccccc2C1. The lowest BCUT2D eigenvalue weighted by atomic mass is 9.81. The van der Waals surface area contributed by atoms with Gasteiger partial charge in [0.2, 0.25) is 21.8 Å². The summed E-state index contributed by atoms with van der Waals surface area (Å²) >= 11 is 0. The molecule has 174 valence electrons. The highest BCUT2D eigenvalue weighted by molar-refractivity contribution is 7.89.